The molecule has 20 heavy (non-hydrogen) atoms. The molecule has 0 amide bonds. The fourth-order valence-corrected chi connectivity index (χ4v) is 3.21. The van der Waals surface area contributed by atoms with Crippen LogP contribution >= 0.6 is 0 Å². The summed E-state index contributed by atoms with van der Waals surface area (Å²) in [4.78, 5) is 4.37. The van der Waals surface area contributed by atoms with Gasteiger partial charge in [0.1, 0.15) is 0 Å². The molecular formula is C15H31N3O2. The van der Waals surface area contributed by atoms with Gasteiger partial charge < -0.3 is 20.5 Å². The van der Waals surface area contributed by atoms with Crippen molar-refractivity contribution < 1.29 is 9.47 Å². The van der Waals surface area contributed by atoms with E-state index in [0.29, 0.717) is 24.7 Å². The Labute approximate surface area is 123 Å². The molecule has 2 unspecified atom stereocenters. The highest BCUT2D eigenvalue weighted by atomic mass is 16.5. The van der Waals surface area contributed by atoms with Gasteiger partial charge in [-0.25, -0.2) is 0 Å². The molecule has 0 aromatic heterocycles. The minimum atomic E-state index is 0.195. The van der Waals surface area contributed by atoms with Gasteiger partial charge in [0.15, 0.2) is 5.96 Å². The summed E-state index contributed by atoms with van der Waals surface area (Å²) in [5, 5.41) is 3.37. The number of methoxy groups -OCH3 is 1. The third-order valence-electron chi connectivity index (χ3n) is 4.64. The first kappa shape index (κ1) is 17.2. The van der Waals surface area contributed by atoms with E-state index >= 15 is 0 Å². The molecule has 0 aromatic carbocycles. The topological polar surface area (TPSA) is 68.9 Å². The van der Waals surface area contributed by atoms with Crippen LogP contribution in [-0.2, 0) is 9.47 Å². The van der Waals surface area contributed by atoms with Crippen molar-refractivity contribution in [1.29, 1.82) is 0 Å². The maximum absolute atomic E-state index is 5.97. The van der Waals surface area contributed by atoms with E-state index in [1.165, 1.54) is 0 Å². The number of hydrogen-bond acceptors (Lipinski definition) is 3. The number of nitrogens with two attached hydrogens (primary N) is 1. The molecule has 2 atom stereocenters. The van der Waals surface area contributed by atoms with Crippen molar-refractivity contribution in [3.8, 4) is 0 Å². The number of guanidine groups is 1. The molecule has 1 rings (SSSR count). The zero-order chi connectivity index (χ0) is 15.0. The Morgan fingerprint density at radius 3 is 2.60 bits per heavy atom. The number of aliphatic imine (C=N–C) groups is 1. The Balaban J connectivity index is 2.41. The number of hydrogen-bond donors (Lipinski definition) is 2. The smallest absolute Gasteiger partial charge is 0.188 e. The lowest BCUT2D eigenvalue weighted by Crippen LogP contribution is -2.65. The average Bonchev–Trinajstić information content (AvgIpc) is 2.44. The quantitative estimate of drug-likeness (QED) is 0.386. The minimum Gasteiger partial charge on any atom is -0.382 e. The summed E-state index contributed by atoms with van der Waals surface area (Å²) >= 11 is 0. The molecule has 1 aliphatic rings. The van der Waals surface area contributed by atoms with Crippen LogP contribution in [0.1, 0.15) is 46.5 Å². The van der Waals surface area contributed by atoms with Gasteiger partial charge in [0.05, 0.1) is 6.10 Å². The highest BCUT2D eigenvalue weighted by Crippen LogP contribution is 2.48. The van der Waals surface area contributed by atoms with Crippen molar-refractivity contribution >= 4 is 5.96 Å². The predicted molar refractivity (Wildman–Crippen MR) is 83.0 cm³/mol. The van der Waals surface area contributed by atoms with E-state index in [0.717, 1.165) is 38.9 Å². The molecule has 1 fully saturated rings. The summed E-state index contributed by atoms with van der Waals surface area (Å²) in [7, 11) is 1.80. The second-order valence-electron chi connectivity index (χ2n) is 5.41. The number of nitrogens with one attached hydrogen (secondary N) is 1. The summed E-state index contributed by atoms with van der Waals surface area (Å²) in [5.41, 5.74) is 6.17. The molecule has 118 valence electrons. The molecule has 0 aromatic rings. The van der Waals surface area contributed by atoms with Crippen molar-refractivity contribution in [2.24, 2.45) is 16.1 Å². The van der Waals surface area contributed by atoms with Gasteiger partial charge >= 0.3 is 0 Å². The lowest BCUT2D eigenvalue weighted by atomic mass is 9.58. The van der Waals surface area contributed by atoms with Crippen molar-refractivity contribution in [2.75, 3.05) is 26.9 Å². The molecule has 0 saturated heterocycles. The van der Waals surface area contributed by atoms with E-state index in [-0.39, 0.29) is 5.41 Å². The summed E-state index contributed by atoms with van der Waals surface area (Å²) in [6.45, 7) is 8.66. The Morgan fingerprint density at radius 1 is 1.35 bits per heavy atom. The first-order valence-corrected chi connectivity index (χ1v) is 7.81. The summed E-state index contributed by atoms with van der Waals surface area (Å²) in [6, 6.07) is 0.373. The summed E-state index contributed by atoms with van der Waals surface area (Å²) < 4.78 is 10.9. The van der Waals surface area contributed by atoms with Gasteiger partial charge in [-0.05, 0) is 32.6 Å². The molecule has 0 aliphatic heterocycles. The first-order chi connectivity index (χ1) is 9.64. The molecule has 0 radical (unpaired) electrons. The SMILES string of the molecule is CCOCCCN=C(N)NC1CC(OC)C1(CC)CC. The maximum atomic E-state index is 5.97. The second kappa shape index (κ2) is 8.47. The van der Waals surface area contributed by atoms with Gasteiger partial charge in [0, 0.05) is 38.3 Å². The maximum Gasteiger partial charge on any atom is 0.188 e. The van der Waals surface area contributed by atoms with Gasteiger partial charge in [0.25, 0.3) is 0 Å². The van der Waals surface area contributed by atoms with Crippen LogP contribution in [0.2, 0.25) is 0 Å². The monoisotopic (exact) mass is 285 g/mol. The van der Waals surface area contributed by atoms with Crippen LogP contribution in [0.15, 0.2) is 4.99 Å². The number of nitrogens with zero attached hydrogens (tertiary/aromatic N) is 1. The molecule has 0 spiro atoms. The van der Waals surface area contributed by atoms with Crippen molar-refractivity contribution in [2.45, 2.75) is 58.6 Å². The largest absolute Gasteiger partial charge is 0.382 e. The van der Waals surface area contributed by atoms with Crippen LogP contribution in [0.5, 0.6) is 0 Å². The third kappa shape index (κ3) is 3.85. The summed E-state index contributed by atoms with van der Waals surface area (Å²) in [5.74, 6) is 0.548. The minimum absolute atomic E-state index is 0.195. The molecule has 3 N–H and O–H groups in total. The molecule has 0 heterocycles. The van der Waals surface area contributed by atoms with Crippen molar-refractivity contribution in [3.63, 3.8) is 0 Å². The van der Waals surface area contributed by atoms with E-state index in [1.54, 1.807) is 7.11 Å². The van der Waals surface area contributed by atoms with E-state index < -0.39 is 0 Å². The van der Waals surface area contributed by atoms with E-state index in [9.17, 15) is 0 Å². The fourth-order valence-electron chi connectivity index (χ4n) is 3.21. The zero-order valence-electron chi connectivity index (χ0n) is 13.4. The molecule has 5 heteroatoms. The Kier molecular flexibility index (Phi) is 7.30. The van der Waals surface area contributed by atoms with Gasteiger partial charge in [-0.15, -0.1) is 0 Å². The first-order valence-electron chi connectivity index (χ1n) is 7.81. The van der Waals surface area contributed by atoms with Gasteiger partial charge in [-0.3, -0.25) is 4.99 Å². The highest BCUT2D eigenvalue weighted by molar-refractivity contribution is 5.78. The molecule has 1 aliphatic carbocycles. The van der Waals surface area contributed by atoms with E-state index in [1.807, 2.05) is 6.92 Å². The van der Waals surface area contributed by atoms with Crippen LogP contribution in [0.3, 0.4) is 0 Å². The van der Waals surface area contributed by atoms with Gasteiger partial charge in [-0.2, -0.15) is 0 Å². The standard InChI is InChI=1S/C15H31N3O2/c1-5-15(6-2)12(11-13(15)19-4)18-14(16)17-9-8-10-20-7-3/h12-13H,5-11H2,1-4H3,(H3,16,17,18). The van der Waals surface area contributed by atoms with Crippen LogP contribution in [-0.4, -0.2) is 45.0 Å². The van der Waals surface area contributed by atoms with Gasteiger partial charge in [0.2, 0.25) is 0 Å². The molecule has 1 saturated carbocycles. The normalized spacial score (nSPS) is 25.3. The molecular weight excluding hydrogens is 254 g/mol. The number of ether oxygens (including phenoxy) is 2. The Hall–Kier alpha value is -0.810. The van der Waals surface area contributed by atoms with Gasteiger partial charge in [-0.1, -0.05) is 13.8 Å². The lowest BCUT2D eigenvalue weighted by molar-refractivity contribution is -0.118. The lowest BCUT2D eigenvalue weighted by Gasteiger charge is -2.55. The molecule has 5 nitrogen and oxygen atoms in total. The van der Waals surface area contributed by atoms with Crippen LogP contribution in [0.4, 0.5) is 0 Å². The van der Waals surface area contributed by atoms with Crippen LogP contribution in [0.25, 0.3) is 0 Å². The average molecular weight is 285 g/mol. The summed E-state index contributed by atoms with van der Waals surface area (Å²) in [6.07, 6.45) is 4.44. The van der Waals surface area contributed by atoms with E-state index in [4.69, 9.17) is 15.2 Å². The predicted octanol–water partition coefficient (Wildman–Crippen LogP) is 1.91. The van der Waals surface area contributed by atoms with Crippen LogP contribution < -0.4 is 11.1 Å². The zero-order valence-corrected chi connectivity index (χ0v) is 13.4. The Morgan fingerprint density at radius 2 is 2.05 bits per heavy atom. The highest BCUT2D eigenvalue weighted by Gasteiger charge is 2.53. The Bertz CT molecular complexity index is 303. The van der Waals surface area contributed by atoms with Crippen molar-refractivity contribution in [3.05, 3.63) is 0 Å². The van der Waals surface area contributed by atoms with Crippen molar-refractivity contribution in [1.82, 2.24) is 5.32 Å². The van der Waals surface area contributed by atoms with Crippen LogP contribution in [0, 0.1) is 5.41 Å². The number of rotatable bonds is 9. The third-order valence-corrected chi connectivity index (χ3v) is 4.64. The fraction of sp³-hybridized carbons (Fsp3) is 0.933. The van der Waals surface area contributed by atoms with E-state index in [2.05, 4.69) is 24.2 Å². The second-order valence-corrected chi connectivity index (χ2v) is 5.41. The molecule has 0 bridgehead atoms.